The molecule has 2 rings (SSSR count). The summed E-state index contributed by atoms with van der Waals surface area (Å²) >= 11 is 11.9. The third-order valence-electron chi connectivity index (χ3n) is 3.05. The predicted molar refractivity (Wildman–Crippen MR) is 94.1 cm³/mol. The summed E-state index contributed by atoms with van der Waals surface area (Å²) in [6.45, 7) is 0.139. The van der Waals surface area contributed by atoms with Crippen molar-refractivity contribution in [3.8, 4) is 0 Å². The third-order valence-corrected chi connectivity index (χ3v) is 5.24. The third kappa shape index (κ3) is 4.91. The Kier molecular flexibility index (Phi) is 6.56. The number of benzene rings is 1. The van der Waals surface area contributed by atoms with Crippen molar-refractivity contribution < 1.29 is 13.3 Å². The lowest BCUT2D eigenvalue weighted by atomic mass is 10.1. The summed E-state index contributed by atoms with van der Waals surface area (Å²) in [4.78, 5) is 8.72. The van der Waals surface area contributed by atoms with Gasteiger partial charge in [-0.25, -0.2) is 13.1 Å². The molecule has 0 spiro atoms. The molecule has 9 heteroatoms. The summed E-state index contributed by atoms with van der Waals surface area (Å²) in [5, 5.41) is 4.73. The van der Waals surface area contributed by atoms with Crippen molar-refractivity contribution in [2.75, 3.05) is 13.7 Å². The molecule has 0 aliphatic carbocycles. The molecule has 6 nitrogen and oxygen atoms in total. The molecule has 0 amide bonds. The maximum Gasteiger partial charge on any atom is 0.242 e. The van der Waals surface area contributed by atoms with E-state index in [0.717, 1.165) is 0 Å². The van der Waals surface area contributed by atoms with Gasteiger partial charge in [-0.15, -0.1) is 0 Å². The molecule has 0 saturated carbocycles. The van der Waals surface area contributed by atoms with Gasteiger partial charge in [0, 0.05) is 30.9 Å². The SMILES string of the molecule is CO/N=C(/CCNS(=O)(=O)c1cccnc1)c1ccc(Cl)c(Cl)c1. The van der Waals surface area contributed by atoms with Gasteiger partial charge in [-0.3, -0.25) is 4.98 Å². The van der Waals surface area contributed by atoms with E-state index in [-0.39, 0.29) is 11.4 Å². The molecular weight excluding hydrogens is 373 g/mol. The van der Waals surface area contributed by atoms with Gasteiger partial charge in [0.25, 0.3) is 0 Å². The highest BCUT2D eigenvalue weighted by Crippen LogP contribution is 2.23. The monoisotopic (exact) mass is 387 g/mol. The summed E-state index contributed by atoms with van der Waals surface area (Å²) in [7, 11) is -2.21. The summed E-state index contributed by atoms with van der Waals surface area (Å²) in [5.74, 6) is 0. The zero-order chi connectivity index (χ0) is 17.6. The van der Waals surface area contributed by atoms with Crippen LogP contribution in [0.3, 0.4) is 0 Å². The van der Waals surface area contributed by atoms with Crippen LogP contribution < -0.4 is 4.72 Å². The number of nitrogens with zero attached hydrogens (tertiary/aromatic N) is 2. The van der Waals surface area contributed by atoms with Crippen LogP contribution in [0, 0.1) is 0 Å². The number of hydrogen-bond acceptors (Lipinski definition) is 5. The second-order valence-corrected chi connectivity index (χ2v) is 7.27. The van der Waals surface area contributed by atoms with Crippen LogP contribution in [-0.4, -0.2) is 32.8 Å². The van der Waals surface area contributed by atoms with Crippen LogP contribution in [0.5, 0.6) is 0 Å². The first kappa shape index (κ1) is 18.7. The molecule has 0 bridgehead atoms. The van der Waals surface area contributed by atoms with Crippen molar-refractivity contribution in [3.63, 3.8) is 0 Å². The Bertz CT molecular complexity index is 827. The molecule has 0 atom stereocenters. The van der Waals surface area contributed by atoms with Gasteiger partial charge >= 0.3 is 0 Å². The van der Waals surface area contributed by atoms with E-state index in [4.69, 9.17) is 28.0 Å². The fraction of sp³-hybridized carbons (Fsp3) is 0.200. The quantitative estimate of drug-likeness (QED) is 0.584. The van der Waals surface area contributed by atoms with Crippen LogP contribution in [0.15, 0.2) is 52.8 Å². The Morgan fingerprint density at radius 2 is 2.08 bits per heavy atom. The summed E-state index contributed by atoms with van der Waals surface area (Å²) < 4.78 is 26.8. The second kappa shape index (κ2) is 8.43. The smallest absolute Gasteiger partial charge is 0.242 e. The van der Waals surface area contributed by atoms with E-state index in [1.807, 2.05) is 0 Å². The number of aromatic nitrogens is 1. The number of nitrogens with one attached hydrogen (secondary N) is 1. The predicted octanol–water partition coefficient (Wildman–Crippen LogP) is 3.11. The number of pyridine rings is 1. The molecule has 0 saturated heterocycles. The lowest BCUT2D eigenvalue weighted by molar-refractivity contribution is 0.213. The van der Waals surface area contributed by atoms with E-state index in [1.165, 1.54) is 25.6 Å². The van der Waals surface area contributed by atoms with E-state index in [0.29, 0.717) is 27.7 Å². The minimum atomic E-state index is -3.62. The Balaban J connectivity index is 2.07. The van der Waals surface area contributed by atoms with Crippen molar-refractivity contribution in [1.82, 2.24) is 9.71 Å². The van der Waals surface area contributed by atoms with Crippen molar-refractivity contribution in [2.45, 2.75) is 11.3 Å². The van der Waals surface area contributed by atoms with Gasteiger partial charge in [-0.2, -0.15) is 0 Å². The van der Waals surface area contributed by atoms with Crippen molar-refractivity contribution in [2.24, 2.45) is 5.16 Å². The van der Waals surface area contributed by atoms with Crippen LogP contribution in [0.4, 0.5) is 0 Å². The summed E-state index contributed by atoms with van der Waals surface area (Å²) in [6, 6.07) is 8.06. The number of hydrogen-bond donors (Lipinski definition) is 1. The molecule has 1 aromatic carbocycles. The lowest BCUT2D eigenvalue weighted by Crippen LogP contribution is -2.26. The van der Waals surface area contributed by atoms with Crippen molar-refractivity contribution >= 4 is 38.9 Å². The topological polar surface area (TPSA) is 80.6 Å². The Labute approximate surface area is 150 Å². The van der Waals surface area contributed by atoms with E-state index in [2.05, 4.69) is 14.9 Å². The first-order chi connectivity index (χ1) is 11.4. The zero-order valence-corrected chi connectivity index (χ0v) is 15.1. The average molecular weight is 388 g/mol. The highest BCUT2D eigenvalue weighted by Gasteiger charge is 2.14. The molecular formula is C15H15Cl2N3O3S. The number of oxime groups is 1. The first-order valence-corrected chi connectivity index (χ1v) is 9.13. The molecule has 0 unspecified atom stereocenters. The van der Waals surface area contributed by atoms with E-state index >= 15 is 0 Å². The van der Waals surface area contributed by atoms with Gasteiger partial charge in [-0.05, 0) is 24.3 Å². The zero-order valence-electron chi connectivity index (χ0n) is 12.7. The molecule has 0 fully saturated rings. The largest absolute Gasteiger partial charge is 0.399 e. The first-order valence-electron chi connectivity index (χ1n) is 6.89. The van der Waals surface area contributed by atoms with Crippen LogP contribution in [0.1, 0.15) is 12.0 Å². The van der Waals surface area contributed by atoms with Gasteiger partial charge in [0.05, 0.1) is 15.8 Å². The minimum absolute atomic E-state index is 0.102. The van der Waals surface area contributed by atoms with Gasteiger partial charge in [-0.1, -0.05) is 34.4 Å². The molecule has 1 N–H and O–H groups in total. The molecule has 2 aromatic rings. The highest BCUT2D eigenvalue weighted by atomic mass is 35.5. The fourth-order valence-corrected chi connectivity index (χ4v) is 3.21. The molecule has 0 radical (unpaired) electrons. The van der Waals surface area contributed by atoms with E-state index in [1.54, 1.807) is 24.3 Å². The number of rotatable bonds is 7. The molecule has 0 aliphatic rings. The number of sulfonamides is 1. The lowest BCUT2D eigenvalue weighted by Gasteiger charge is -2.09. The molecule has 0 aliphatic heterocycles. The number of halogens is 2. The normalized spacial score (nSPS) is 12.2. The Morgan fingerprint density at radius 3 is 2.71 bits per heavy atom. The van der Waals surface area contributed by atoms with Crippen LogP contribution >= 0.6 is 23.2 Å². The Hall–Kier alpha value is -1.67. The maximum absolute atomic E-state index is 12.1. The highest BCUT2D eigenvalue weighted by molar-refractivity contribution is 7.89. The van der Waals surface area contributed by atoms with Crippen LogP contribution in [0.25, 0.3) is 0 Å². The van der Waals surface area contributed by atoms with Gasteiger partial charge < -0.3 is 4.84 Å². The van der Waals surface area contributed by atoms with Gasteiger partial charge in [0.1, 0.15) is 12.0 Å². The summed E-state index contributed by atoms with van der Waals surface area (Å²) in [5.41, 5.74) is 1.25. The van der Waals surface area contributed by atoms with Crippen LogP contribution in [0.2, 0.25) is 10.0 Å². The van der Waals surface area contributed by atoms with Crippen molar-refractivity contribution in [1.29, 1.82) is 0 Å². The standard InChI is InChI=1S/C15H15Cl2N3O3S/c1-23-20-15(11-4-5-13(16)14(17)9-11)6-8-19-24(21,22)12-3-2-7-18-10-12/h2-5,7,9-10,19H,6,8H2,1H3/b20-15-. The Morgan fingerprint density at radius 1 is 1.29 bits per heavy atom. The van der Waals surface area contributed by atoms with Crippen LogP contribution in [-0.2, 0) is 14.9 Å². The average Bonchev–Trinajstić information content (AvgIpc) is 2.57. The second-order valence-electron chi connectivity index (χ2n) is 4.69. The van der Waals surface area contributed by atoms with E-state index in [9.17, 15) is 8.42 Å². The molecule has 1 heterocycles. The fourth-order valence-electron chi connectivity index (χ4n) is 1.92. The van der Waals surface area contributed by atoms with Crippen molar-refractivity contribution in [3.05, 3.63) is 58.3 Å². The molecule has 24 heavy (non-hydrogen) atoms. The maximum atomic E-state index is 12.1. The van der Waals surface area contributed by atoms with E-state index < -0.39 is 10.0 Å². The molecule has 128 valence electrons. The summed E-state index contributed by atoms with van der Waals surface area (Å²) in [6.07, 6.45) is 3.10. The van der Waals surface area contributed by atoms with Gasteiger partial charge in [0.15, 0.2) is 0 Å². The van der Waals surface area contributed by atoms with Gasteiger partial charge in [0.2, 0.25) is 10.0 Å². The molecule has 1 aromatic heterocycles. The minimum Gasteiger partial charge on any atom is -0.399 e.